The van der Waals surface area contributed by atoms with Crippen molar-refractivity contribution in [3.05, 3.63) is 250 Å². The van der Waals surface area contributed by atoms with Crippen molar-refractivity contribution in [2.24, 2.45) is 17.6 Å². The molecule has 0 saturated heterocycles. The predicted molar refractivity (Wildman–Crippen MR) is 460 cm³/mol. The molecule has 0 radical (unpaired) electrons. The van der Waals surface area contributed by atoms with E-state index >= 15 is 33.6 Å². The standard InChI is InChI=1S/C90H95N13O28/c1-41(2)69(95-78(118)43(5)92-80(120)68(91)45-11-19-53(104)20-12-45)81(121)100-76(51-32-61(112)38-62(113)33-51)88(128)98-73(48-17-25-56(107)26-18-48)85(125)103-77(52-34-63(114)39-64(115)35-52)89(129)99-72(47-15-23-55(106)24-16-47)84(124)102-74(49-28-57(108)36-58(109)29-49)86(126)96-70(42(3)4)82(122)101-75(50-30-59(110)37-60(111)31-50)87(127)97-71(46-13-21-54(105)22-14-46)83(123)93-65(27-44-9-7-6-8-10-44)79(119)94-66(90(130)131)40-67(116)117/h6-26,28-39,41-43,65-66,68-77,104-115H,27,40,91H2,1-5H3,(H,92,120)(H,93,123)(H,94,119)(H,95,118)(H,96,126)(H,97,127)(H,98,128)(H,99,129)(H,100,121)(H,101,122)(H,102,124)(H,103,125)(H,116,117)(H,130,131)/t43-,65+,66+,68-,69+,70+,71+,72+,73+,74-,75-,76-,77-/m1/s1. The third-order valence-corrected chi connectivity index (χ3v) is 20.2. The first-order chi connectivity index (χ1) is 61.9. The van der Waals surface area contributed by atoms with Crippen molar-refractivity contribution in [2.45, 2.75) is 126 Å². The zero-order valence-corrected chi connectivity index (χ0v) is 70.2. The maximum Gasteiger partial charge on any atom is 0.326 e. The molecule has 0 fully saturated rings. The van der Waals surface area contributed by atoms with Gasteiger partial charge in [-0.2, -0.15) is 0 Å². The van der Waals surface area contributed by atoms with E-state index in [2.05, 4.69) is 63.8 Å². The van der Waals surface area contributed by atoms with E-state index in [1.54, 1.807) is 18.2 Å². The summed E-state index contributed by atoms with van der Waals surface area (Å²) in [7, 11) is 0. The Labute approximate surface area is 744 Å². The van der Waals surface area contributed by atoms with Gasteiger partial charge < -0.3 is 141 Å². The number of carbonyl (C=O) groups is 14. The first-order valence-electron chi connectivity index (χ1n) is 40.0. The van der Waals surface area contributed by atoms with E-state index < -0.39 is 254 Å². The van der Waals surface area contributed by atoms with Crippen LogP contribution in [0, 0.1) is 11.8 Å². The lowest BCUT2D eigenvalue weighted by Gasteiger charge is -2.30. The van der Waals surface area contributed by atoms with E-state index in [1.165, 1.54) is 71.0 Å². The summed E-state index contributed by atoms with van der Waals surface area (Å²) in [6.45, 7) is 7.01. The van der Waals surface area contributed by atoms with Crippen LogP contribution in [0.4, 0.5) is 0 Å². The molecular formula is C90H95N13O28. The number of nitrogens with one attached hydrogen (secondary N) is 12. The smallest absolute Gasteiger partial charge is 0.326 e. The molecule has 0 aliphatic carbocycles. The van der Waals surface area contributed by atoms with Crippen LogP contribution in [0.2, 0.25) is 0 Å². The molecule has 0 unspecified atom stereocenters. The Morgan fingerprint density at radius 1 is 0.252 bits per heavy atom. The van der Waals surface area contributed by atoms with E-state index in [1.807, 2.05) is 0 Å². The second-order valence-electron chi connectivity index (χ2n) is 31.0. The summed E-state index contributed by atoms with van der Waals surface area (Å²) < 4.78 is 0. The molecule has 9 aromatic rings. The highest BCUT2D eigenvalue weighted by molar-refractivity contribution is 6.02. The molecule has 0 saturated carbocycles. The number of rotatable bonds is 39. The summed E-state index contributed by atoms with van der Waals surface area (Å²) in [5.41, 5.74) is 4.44. The fraction of sp³-hybridized carbons (Fsp3) is 0.244. The molecule has 9 rings (SSSR count). The summed E-state index contributed by atoms with van der Waals surface area (Å²) in [4.78, 5) is 202. The zero-order valence-electron chi connectivity index (χ0n) is 70.2. The number of phenols is 12. The van der Waals surface area contributed by atoms with Crippen LogP contribution in [0.1, 0.15) is 139 Å². The summed E-state index contributed by atoms with van der Waals surface area (Å²) in [6.07, 6.45) is -1.48. The van der Waals surface area contributed by atoms with Gasteiger partial charge in [0.05, 0.1) is 6.42 Å². The average molecular weight is 1810 g/mol. The number of carbonyl (C=O) groups excluding carboxylic acids is 12. The Morgan fingerprint density at radius 3 is 0.786 bits per heavy atom. The van der Waals surface area contributed by atoms with E-state index in [0.717, 1.165) is 146 Å². The van der Waals surface area contributed by atoms with Crippen LogP contribution < -0.4 is 69.5 Å². The second kappa shape index (κ2) is 43.8. The molecule has 0 aliphatic rings. The lowest BCUT2D eigenvalue weighted by Crippen LogP contribution is -2.56. The van der Waals surface area contributed by atoms with E-state index in [9.17, 15) is 105 Å². The molecular weight excluding hydrogens is 1710 g/mol. The fourth-order valence-corrected chi connectivity index (χ4v) is 13.6. The van der Waals surface area contributed by atoms with Gasteiger partial charge in [0.15, 0.2) is 0 Å². The van der Waals surface area contributed by atoms with Gasteiger partial charge in [0, 0.05) is 30.7 Å². The SMILES string of the molecule is CC(C)[C@H](NC(=O)[C@@H](C)NC(=O)[C@H](N)c1ccc(O)cc1)C(=O)N[C@@H](C(=O)N[C@H](C(=O)N[C@@H](C(=O)N[C@H](C(=O)N[C@@H](C(=O)N[C@H](C(=O)N[C@@H](C(=O)N[C@H](C(=O)N[C@@H](Cc1ccccc1)C(=O)N[C@@H](CC(=O)O)C(=O)O)c1ccc(O)cc1)c1cc(O)cc(O)c1)C(C)C)c1cc(O)cc(O)c1)c1ccc(O)cc1)c1cc(O)cc(O)c1)c1ccc(O)cc1)c1cc(O)cc(O)c1. The highest BCUT2D eigenvalue weighted by atomic mass is 16.4. The predicted octanol–water partition coefficient (Wildman–Crippen LogP) is 2.71. The summed E-state index contributed by atoms with van der Waals surface area (Å²) in [5.74, 6) is -27.3. The number of benzene rings is 9. The van der Waals surface area contributed by atoms with Gasteiger partial charge in [-0.3, -0.25) is 62.3 Å². The van der Waals surface area contributed by atoms with E-state index in [0.29, 0.717) is 5.56 Å². The number of nitrogens with two attached hydrogens (primary N) is 1. The van der Waals surface area contributed by atoms with Gasteiger partial charge in [-0.1, -0.05) is 107 Å². The number of aliphatic carboxylic acids is 2. The molecule has 28 N–H and O–H groups in total. The molecule has 0 aliphatic heterocycles. The minimum atomic E-state index is -2.27. The molecule has 41 nitrogen and oxygen atoms in total. The molecule has 131 heavy (non-hydrogen) atoms. The van der Waals surface area contributed by atoms with E-state index in [4.69, 9.17) is 5.73 Å². The zero-order chi connectivity index (χ0) is 96.1. The first kappa shape index (κ1) is 97.9. The van der Waals surface area contributed by atoms with Gasteiger partial charge in [-0.25, -0.2) is 4.79 Å². The molecule has 41 heteroatoms. The maximum absolute atomic E-state index is 15.6. The molecule has 13 atom stereocenters. The Bertz CT molecular complexity index is 5650. The molecule has 0 aromatic heterocycles. The van der Waals surface area contributed by atoms with Crippen LogP contribution in [-0.2, 0) is 73.5 Å². The van der Waals surface area contributed by atoms with Crippen LogP contribution in [-0.4, -0.2) is 185 Å². The Hall–Kier alpha value is -16.9. The van der Waals surface area contributed by atoms with Gasteiger partial charge in [0.2, 0.25) is 70.9 Å². The number of amides is 12. The molecule has 0 heterocycles. The number of hydrogen-bond acceptors (Lipinski definition) is 27. The normalized spacial score (nSPS) is 14.1. The van der Waals surface area contributed by atoms with Crippen molar-refractivity contribution in [1.82, 2.24) is 63.8 Å². The highest BCUT2D eigenvalue weighted by Gasteiger charge is 2.41. The molecule has 12 amide bonds. The van der Waals surface area contributed by atoms with Crippen molar-refractivity contribution in [3.63, 3.8) is 0 Å². The largest absolute Gasteiger partial charge is 0.508 e. The van der Waals surface area contributed by atoms with Crippen molar-refractivity contribution >= 4 is 82.8 Å². The number of phenolic OH excluding ortho intramolecular Hbond substituents is 12. The number of carboxylic acid groups (broad SMARTS) is 2. The van der Waals surface area contributed by atoms with E-state index in [-0.39, 0.29) is 45.7 Å². The Kier molecular flexibility index (Phi) is 32.8. The van der Waals surface area contributed by atoms with Crippen molar-refractivity contribution in [1.29, 1.82) is 0 Å². The lowest BCUT2D eigenvalue weighted by atomic mass is 9.98. The van der Waals surface area contributed by atoms with Crippen LogP contribution >= 0.6 is 0 Å². The quantitative estimate of drug-likeness (QED) is 0.0263. The number of aromatic hydroxyl groups is 12. The Balaban J connectivity index is 1.02. The van der Waals surface area contributed by atoms with Gasteiger partial charge in [0.25, 0.3) is 0 Å². The molecule has 0 bridgehead atoms. The average Bonchev–Trinajstić information content (AvgIpc) is 0.793. The lowest BCUT2D eigenvalue weighted by molar-refractivity contribution is -0.147. The van der Waals surface area contributed by atoms with Gasteiger partial charge >= 0.3 is 11.9 Å². The third kappa shape index (κ3) is 27.1. The van der Waals surface area contributed by atoms with Gasteiger partial charge in [-0.05, 0) is 166 Å². The van der Waals surface area contributed by atoms with Crippen LogP contribution in [0.25, 0.3) is 0 Å². The second-order valence-corrected chi connectivity index (χ2v) is 31.0. The number of carboxylic acids is 2. The first-order valence-corrected chi connectivity index (χ1v) is 40.0. The van der Waals surface area contributed by atoms with Gasteiger partial charge in [-0.15, -0.1) is 0 Å². The summed E-state index contributed by atoms with van der Waals surface area (Å²) in [6, 6.07) is 12.0. The Morgan fingerprint density at radius 2 is 0.504 bits per heavy atom. The topological polar surface area (TPSA) is 693 Å². The summed E-state index contributed by atoms with van der Waals surface area (Å²) >= 11 is 0. The molecule has 9 aromatic carbocycles. The van der Waals surface area contributed by atoms with Crippen LogP contribution in [0.5, 0.6) is 69.0 Å². The summed E-state index contributed by atoms with van der Waals surface area (Å²) in [5, 5.41) is 177. The minimum Gasteiger partial charge on any atom is -0.508 e. The third-order valence-electron chi connectivity index (χ3n) is 20.2. The number of hydrogen-bond donors (Lipinski definition) is 27. The van der Waals surface area contributed by atoms with Crippen LogP contribution in [0.3, 0.4) is 0 Å². The van der Waals surface area contributed by atoms with Gasteiger partial charge in [0.1, 0.15) is 148 Å². The van der Waals surface area contributed by atoms with Crippen molar-refractivity contribution in [2.75, 3.05) is 0 Å². The van der Waals surface area contributed by atoms with Crippen molar-refractivity contribution < 1.29 is 139 Å². The monoisotopic (exact) mass is 1810 g/mol. The molecule has 0 spiro atoms. The van der Waals surface area contributed by atoms with Crippen molar-refractivity contribution in [3.8, 4) is 69.0 Å². The maximum atomic E-state index is 15.6. The molecule has 688 valence electrons. The van der Waals surface area contributed by atoms with Crippen LogP contribution in [0.15, 0.2) is 200 Å². The fourth-order valence-electron chi connectivity index (χ4n) is 13.6. The highest BCUT2D eigenvalue weighted by Crippen LogP contribution is 2.34. The minimum absolute atomic E-state index is 0.117.